The zero-order chi connectivity index (χ0) is 13.4. The molecule has 20 heavy (non-hydrogen) atoms. The average molecular weight is 280 g/mol. The van der Waals surface area contributed by atoms with Crippen LogP contribution in [-0.4, -0.2) is 15.7 Å². The van der Waals surface area contributed by atoms with Crippen LogP contribution in [0, 0.1) is 0 Å². The molecule has 0 bridgehead atoms. The quantitative estimate of drug-likeness (QED) is 0.731. The maximum atomic E-state index is 4.51. The molecule has 0 spiro atoms. The monoisotopic (exact) mass is 280 g/mol. The highest BCUT2D eigenvalue weighted by atomic mass is 32.1. The van der Waals surface area contributed by atoms with Crippen LogP contribution in [0.1, 0.15) is 17.7 Å². The van der Waals surface area contributed by atoms with E-state index >= 15 is 0 Å². The molecular weight excluding hydrogens is 268 g/mol. The molecule has 5 heteroatoms. The Kier molecular flexibility index (Phi) is 2.70. The van der Waals surface area contributed by atoms with E-state index in [-0.39, 0.29) is 0 Å². The number of rotatable bonds is 2. The molecule has 0 radical (unpaired) electrons. The van der Waals surface area contributed by atoms with Gasteiger partial charge in [0.1, 0.15) is 0 Å². The molecular formula is C15H12N4S. The number of benzene rings is 1. The summed E-state index contributed by atoms with van der Waals surface area (Å²) in [5.74, 6) is 0. The van der Waals surface area contributed by atoms with Gasteiger partial charge in [-0.25, -0.2) is 4.98 Å². The smallest absolute Gasteiger partial charge is 0.204 e. The van der Waals surface area contributed by atoms with Gasteiger partial charge >= 0.3 is 0 Å². The minimum Gasteiger partial charge on any atom is -0.255 e. The number of hydrogen-bond donors (Lipinski definition) is 1. The van der Waals surface area contributed by atoms with E-state index in [0.717, 1.165) is 34.9 Å². The third-order valence-electron chi connectivity index (χ3n) is 3.38. The molecule has 0 amide bonds. The number of nitrogens with zero attached hydrogens (tertiary/aromatic N) is 3. The first-order valence-electron chi connectivity index (χ1n) is 6.52. The predicted octanol–water partition coefficient (Wildman–Crippen LogP) is 3.45. The van der Waals surface area contributed by atoms with Crippen LogP contribution < -0.4 is 5.43 Å². The molecule has 3 aromatic rings. The van der Waals surface area contributed by atoms with Gasteiger partial charge in [-0.05, 0) is 36.6 Å². The van der Waals surface area contributed by atoms with Gasteiger partial charge in [0.15, 0.2) is 0 Å². The van der Waals surface area contributed by atoms with E-state index in [4.69, 9.17) is 0 Å². The van der Waals surface area contributed by atoms with Gasteiger partial charge in [0.25, 0.3) is 0 Å². The molecule has 4 nitrogen and oxygen atoms in total. The zero-order valence-electron chi connectivity index (χ0n) is 10.7. The molecule has 0 saturated heterocycles. The van der Waals surface area contributed by atoms with Crippen molar-refractivity contribution in [3.63, 3.8) is 0 Å². The lowest BCUT2D eigenvalue weighted by Crippen LogP contribution is -2.01. The zero-order valence-corrected chi connectivity index (χ0v) is 11.5. The summed E-state index contributed by atoms with van der Waals surface area (Å²) >= 11 is 1.61. The average Bonchev–Trinajstić information content (AvgIpc) is 3.08. The molecule has 1 N–H and O–H groups in total. The number of nitrogens with one attached hydrogen (secondary N) is 1. The fraction of sp³-hybridized carbons (Fsp3) is 0.133. The molecule has 4 rings (SSSR count). The number of para-hydroxylation sites is 1. The van der Waals surface area contributed by atoms with Gasteiger partial charge in [0.2, 0.25) is 5.13 Å². The van der Waals surface area contributed by atoms with Crippen molar-refractivity contribution in [3.8, 4) is 0 Å². The Morgan fingerprint density at radius 1 is 1.10 bits per heavy atom. The van der Waals surface area contributed by atoms with E-state index in [1.54, 1.807) is 11.3 Å². The van der Waals surface area contributed by atoms with Crippen LogP contribution in [0.15, 0.2) is 47.7 Å². The molecule has 0 unspecified atom stereocenters. The minimum atomic E-state index is 0.822. The van der Waals surface area contributed by atoms with Crippen molar-refractivity contribution in [3.05, 3.63) is 53.9 Å². The number of hydrazone groups is 1. The Morgan fingerprint density at radius 2 is 2.05 bits per heavy atom. The second kappa shape index (κ2) is 4.68. The first-order chi connectivity index (χ1) is 9.90. The van der Waals surface area contributed by atoms with Gasteiger partial charge in [0, 0.05) is 6.20 Å². The summed E-state index contributed by atoms with van der Waals surface area (Å²) in [4.78, 5) is 8.92. The SMILES string of the molecule is c1cnc2c(c1)CC/C2=N\Nc1nc2ccccc2s1. The maximum absolute atomic E-state index is 4.51. The summed E-state index contributed by atoms with van der Waals surface area (Å²) in [6, 6.07) is 12.2. The Bertz CT molecular complexity index is 773. The fourth-order valence-electron chi connectivity index (χ4n) is 2.42. The fourth-order valence-corrected chi connectivity index (χ4v) is 3.22. The number of pyridine rings is 1. The Hall–Kier alpha value is -2.27. The molecule has 1 aliphatic rings. The summed E-state index contributed by atoms with van der Waals surface area (Å²) < 4.78 is 1.17. The van der Waals surface area contributed by atoms with E-state index in [1.165, 1.54) is 10.3 Å². The van der Waals surface area contributed by atoms with E-state index in [0.29, 0.717) is 0 Å². The summed E-state index contributed by atoms with van der Waals surface area (Å²) in [7, 11) is 0. The van der Waals surface area contributed by atoms with Gasteiger partial charge in [-0.2, -0.15) is 5.10 Å². The summed E-state index contributed by atoms with van der Waals surface area (Å²) in [5, 5.41) is 5.30. The van der Waals surface area contributed by atoms with Crippen molar-refractivity contribution in [2.24, 2.45) is 5.10 Å². The maximum Gasteiger partial charge on any atom is 0.204 e. The standard InChI is InChI=1S/C15H12N4S/c1-2-6-13-11(5-1)17-15(20-13)19-18-12-8-7-10-4-3-9-16-14(10)12/h1-6,9H,7-8H2,(H,17,19)/b18-12+. The molecule has 0 saturated carbocycles. The van der Waals surface area contributed by atoms with Crippen LogP contribution in [0.3, 0.4) is 0 Å². The van der Waals surface area contributed by atoms with Gasteiger partial charge in [-0.15, -0.1) is 0 Å². The molecule has 0 atom stereocenters. The normalized spacial score (nSPS) is 15.7. The Labute approximate surface area is 120 Å². The van der Waals surface area contributed by atoms with Crippen molar-refractivity contribution >= 4 is 32.4 Å². The highest BCUT2D eigenvalue weighted by Gasteiger charge is 2.18. The van der Waals surface area contributed by atoms with Crippen LogP contribution in [0.5, 0.6) is 0 Å². The topological polar surface area (TPSA) is 50.2 Å². The van der Waals surface area contributed by atoms with Crippen LogP contribution in [0.2, 0.25) is 0 Å². The molecule has 0 fully saturated rings. The van der Waals surface area contributed by atoms with E-state index < -0.39 is 0 Å². The minimum absolute atomic E-state index is 0.822. The van der Waals surface area contributed by atoms with Gasteiger partial charge in [0.05, 0.1) is 21.6 Å². The largest absolute Gasteiger partial charge is 0.255 e. The number of fused-ring (bicyclic) bond motifs is 2. The highest BCUT2D eigenvalue weighted by Crippen LogP contribution is 2.26. The summed E-state index contributed by atoms with van der Waals surface area (Å²) in [6.45, 7) is 0. The summed E-state index contributed by atoms with van der Waals surface area (Å²) in [5.41, 5.74) is 7.38. The predicted molar refractivity (Wildman–Crippen MR) is 82.3 cm³/mol. The van der Waals surface area contributed by atoms with Gasteiger partial charge in [-0.1, -0.05) is 29.5 Å². The first kappa shape index (κ1) is 11.5. The number of anilines is 1. The van der Waals surface area contributed by atoms with Crippen LogP contribution in [-0.2, 0) is 6.42 Å². The molecule has 2 aromatic heterocycles. The van der Waals surface area contributed by atoms with Crippen molar-refractivity contribution in [2.75, 3.05) is 5.43 Å². The van der Waals surface area contributed by atoms with Crippen molar-refractivity contribution in [1.82, 2.24) is 9.97 Å². The number of hydrogen-bond acceptors (Lipinski definition) is 5. The summed E-state index contributed by atoms with van der Waals surface area (Å²) in [6.07, 6.45) is 3.77. The Balaban J connectivity index is 1.63. The van der Waals surface area contributed by atoms with Crippen molar-refractivity contribution in [2.45, 2.75) is 12.8 Å². The number of aryl methyl sites for hydroxylation is 1. The van der Waals surface area contributed by atoms with Crippen LogP contribution >= 0.6 is 11.3 Å². The first-order valence-corrected chi connectivity index (χ1v) is 7.34. The highest BCUT2D eigenvalue weighted by molar-refractivity contribution is 7.22. The van der Waals surface area contributed by atoms with Gasteiger partial charge < -0.3 is 0 Å². The van der Waals surface area contributed by atoms with E-state index in [2.05, 4.69) is 32.6 Å². The van der Waals surface area contributed by atoms with Crippen LogP contribution in [0.25, 0.3) is 10.2 Å². The second-order valence-corrected chi connectivity index (χ2v) is 5.70. The molecule has 98 valence electrons. The third kappa shape index (κ3) is 1.96. The lowest BCUT2D eigenvalue weighted by atomic mass is 10.2. The number of thiazole rings is 1. The van der Waals surface area contributed by atoms with Gasteiger partial charge in [-0.3, -0.25) is 10.4 Å². The van der Waals surface area contributed by atoms with Crippen molar-refractivity contribution in [1.29, 1.82) is 0 Å². The Morgan fingerprint density at radius 3 is 3.00 bits per heavy atom. The second-order valence-electron chi connectivity index (χ2n) is 4.67. The van der Waals surface area contributed by atoms with E-state index in [9.17, 15) is 0 Å². The number of aromatic nitrogens is 2. The third-order valence-corrected chi connectivity index (χ3v) is 4.32. The molecule has 1 aliphatic carbocycles. The lowest BCUT2D eigenvalue weighted by Gasteiger charge is -1.98. The molecule has 0 aliphatic heterocycles. The molecule has 2 heterocycles. The van der Waals surface area contributed by atoms with Crippen LogP contribution in [0.4, 0.5) is 5.13 Å². The lowest BCUT2D eigenvalue weighted by molar-refractivity contribution is 1.08. The van der Waals surface area contributed by atoms with Crippen molar-refractivity contribution < 1.29 is 0 Å². The van der Waals surface area contributed by atoms with E-state index in [1.807, 2.05) is 30.5 Å². The molecule has 1 aromatic carbocycles.